The predicted octanol–water partition coefficient (Wildman–Crippen LogP) is 6.54. The van der Waals surface area contributed by atoms with Crippen LogP contribution < -0.4 is 5.69 Å². The molecule has 53 heavy (non-hydrogen) atoms. The maximum Gasteiger partial charge on any atom is 0.333 e. The molecular weight excluding hydrogens is 699 g/mol. The zero-order valence-electron chi connectivity index (χ0n) is 29.1. The van der Waals surface area contributed by atoms with Crippen LogP contribution in [0, 0.1) is 18.3 Å². The number of aryl methyl sites for hydroxylation is 2. The Labute approximate surface area is 304 Å². The minimum atomic E-state index is -4.02. The summed E-state index contributed by atoms with van der Waals surface area (Å²) in [7, 11) is -2.26. The Hall–Kier alpha value is -6.69. The normalized spacial score (nSPS) is 10.9. The molecule has 3 aromatic heterocycles. The molecule has 0 aliphatic carbocycles. The van der Waals surface area contributed by atoms with Gasteiger partial charge in [-0.2, -0.15) is 13.7 Å². The lowest BCUT2D eigenvalue weighted by atomic mass is 9.86. The van der Waals surface area contributed by atoms with Crippen molar-refractivity contribution < 1.29 is 32.8 Å². The summed E-state index contributed by atoms with van der Waals surface area (Å²) in [6, 6.07) is 32.2. The average Bonchev–Trinajstić information content (AvgIpc) is 3.41. The molecule has 0 radical (unpaired) electrons. The van der Waals surface area contributed by atoms with Gasteiger partial charge in [0.25, 0.3) is 23.1 Å². The van der Waals surface area contributed by atoms with Gasteiger partial charge in [-0.15, -0.1) is 0 Å². The van der Waals surface area contributed by atoms with Crippen molar-refractivity contribution in [2.75, 3.05) is 0 Å². The lowest BCUT2D eigenvalue weighted by Gasteiger charge is -2.16. The van der Waals surface area contributed by atoms with E-state index in [4.69, 9.17) is 24.4 Å². The summed E-state index contributed by atoms with van der Waals surface area (Å²) >= 11 is 0. The van der Waals surface area contributed by atoms with Crippen LogP contribution in [-0.4, -0.2) is 55.2 Å². The number of nitrogens with zero attached hydrogens (tertiary/aromatic N) is 5. The smallest absolute Gasteiger partial charge is 0.333 e. The van der Waals surface area contributed by atoms with Crippen molar-refractivity contribution in [3.8, 4) is 22.9 Å². The van der Waals surface area contributed by atoms with E-state index in [1.165, 1.54) is 12.1 Å². The molecule has 7 rings (SSSR count). The molecule has 270 valence electrons. The number of hydrogen-bond acceptors (Lipinski definition) is 8. The first kappa shape index (κ1) is 39.1. The minimum absolute atomic E-state index is 0.0666. The van der Waals surface area contributed by atoms with Crippen LogP contribution in [0.25, 0.3) is 49.7 Å². The van der Waals surface area contributed by atoms with E-state index in [1.807, 2.05) is 81.6 Å². The summed E-state index contributed by atoms with van der Waals surface area (Å²) in [6.07, 6.45) is 3.63. The Balaban J connectivity index is 0.000000308. The lowest BCUT2D eigenvalue weighted by Crippen LogP contribution is -2.21. The van der Waals surface area contributed by atoms with Gasteiger partial charge < -0.3 is 10.2 Å². The van der Waals surface area contributed by atoms with Gasteiger partial charge in [-0.1, -0.05) is 54.1 Å². The highest BCUT2D eigenvalue weighted by molar-refractivity contribution is 7.85. The average molecular weight is 734 g/mol. The Morgan fingerprint density at radius 3 is 2.02 bits per heavy atom. The quantitative estimate of drug-likeness (QED) is 0.131. The molecule has 0 aliphatic heterocycles. The maximum absolute atomic E-state index is 13.4. The third-order valence-electron chi connectivity index (χ3n) is 8.25. The van der Waals surface area contributed by atoms with Crippen LogP contribution >= 0.6 is 0 Å². The molecule has 0 spiro atoms. The number of aromatic nitrogens is 4. The van der Waals surface area contributed by atoms with E-state index in [-0.39, 0.29) is 23.5 Å². The maximum atomic E-state index is 13.4. The molecule has 0 unspecified atom stereocenters. The van der Waals surface area contributed by atoms with E-state index < -0.39 is 15.5 Å². The topological polar surface area (TPSA) is 205 Å². The number of pyridine rings is 2. The largest absolute Gasteiger partial charge is 0.483 e. The Bertz CT molecular complexity index is 2620. The molecule has 13 nitrogen and oxygen atoms in total. The van der Waals surface area contributed by atoms with Gasteiger partial charge in [0.1, 0.15) is 0 Å². The van der Waals surface area contributed by atoms with Gasteiger partial charge in [0.05, 0.1) is 50.3 Å². The minimum Gasteiger partial charge on any atom is -0.483 e. The molecule has 0 bridgehead atoms. The van der Waals surface area contributed by atoms with Crippen molar-refractivity contribution >= 4 is 55.9 Å². The lowest BCUT2D eigenvalue weighted by molar-refractivity contribution is -0.123. The fraction of sp³-hybridized carbons (Fsp3) is 0.128. The summed E-state index contributed by atoms with van der Waals surface area (Å²) in [5.74, 6) is 0. The highest BCUT2D eigenvalue weighted by Gasteiger charge is 2.21. The fourth-order valence-electron chi connectivity index (χ4n) is 5.45. The molecule has 3 N–H and O–H groups in total. The Morgan fingerprint density at radius 2 is 1.42 bits per heavy atom. The molecule has 14 heteroatoms. The fourth-order valence-corrected chi connectivity index (χ4v) is 5.93. The van der Waals surface area contributed by atoms with Crippen LogP contribution in [0.1, 0.15) is 25.0 Å². The van der Waals surface area contributed by atoms with E-state index in [0.29, 0.717) is 0 Å². The van der Waals surface area contributed by atoms with Gasteiger partial charge >= 0.3 is 5.69 Å². The van der Waals surface area contributed by atoms with Gasteiger partial charge in [0.15, 0.2) is 0 Å². The third kappa shape index (κ3) is 8.79. The van der Waals surface area contributed by atoms with Crippen LogP contribution in [0.2, 0.25) is 0 Å². The summed E-state index contributed by atoms with van der Waals surface area (Å²) in [4.78, 5) is 39.3. The highest BCUT2D eigenvalue weighted by atomic mass is 32.2. The monoisotopic (exact) mass is 733 g/mol. The number of fused-ring (bicyclic) bond motifs is 4. The number of hydrogen-bond donors (Lipinski definition) is 3. The predicted molar refractivity (Wildman–Crippen MR) is 202 cm³/mol. The molecule has 0 saturated heterocycles. The standard InChI is InChI=1S/C30H23N5O.C7H8O3S.2CH2O2/c1-30(2,18-31)22-9-11-23(12-10-22)35-28-24-15-19(21-14-20-6-4-5-7-25(20)32-16-21)8-13-26(24)33-17-27(28)34(3)29(35)36;1-6-2-4-7(5-3-6)11(8,9)10;2*2-1-3/h4-17H,1-3H3;2-5H,1H3,(H,8,9,10);2*1H,(H,2,3). The van der Waals surface area contributed by atoms with E-state index in [9.17, 15) is 18.5 Å². The molecule has 0 amide bonds. The first-order valence-corrected chi connectivity index (χ1v) is 17.2. The molecule has 0 atom stereocenters. The summed E-state index contributed by atoms with van der Waals surface area (Å²) < 4.78 is 32.9. The van der Waals surface area contributed by atoms with E-state index in [0.717, 1.165) is 60.8 Å². The van der Waals surface area contributed by atoms with Crippen molar-refractivity contribution in [3.05, 3.63) is 131 Å². The molecule has 0 fully saturated rings. The zero-order chi connectivity index (χ0) is 38.9. The SMILES string of the molecule is Cc1ccc(S(=O)(=O)O)cc1.Cn1c(=O)n(-c2ccc(C(C)(C)C#N)cc2)c2c3cc(-c4cnc5ccccc5c4)ccc3ncc21.O=CO.O=CO. The second kappa shape index (κ2) is 16.6. The van der Waals surface area contributed by atoms with Crippen LogP contribution in [0.4, 0.5) is 0 Å². The van der Waals surface area contributed by atoms with Crippen molar-refractivity contribution in [3.63, 3.8) is 0 Å². The molecule has 0 aliphatic rings. The summed E-state index contributed by atoms with van der Waals surface area (Å²) in [5.41, 5.74) is 7.16. The van der Waals surface area contributed by atoms with Crippen molar-refractivity contribution in [2.45, 2.75) is 31.1 Å². The van der Waals surface area contributed by atoms with Gasteiger partial charge in [-0.25, -0.2) is 4.79 Å². The summed E-state index contributed by atoms with van der Waals surface area (Å²) in [5, 5.41) is 25.2. The second-order valence-electron chi connectivity index (χ2n) is 12.1. The number of imidazole rings is 1. The van der Waals surface area contributed by atoms with Crippen LogP contribution in [0.5, 0.6) is 0 Å². The first-order valence-electron chi connectivity index (χ1n) is 15.8. The number of para-hydroxylation sites is 1. The van der Waals surface area contributed by atoms with Crippen molar-refractivity contribution in [1.29, 1.82) is 5.26 Å². The number of carbonyl (C=O) groups is 2. The number of rotatable bonds is 4. The highest BCUT2D eigenvalue weighted by Crippen LogP contribution is 2.31. The van der Waals surface area contributed by atoms with Crippen molar-refractivity contribution in [2.24, 2.45) is 7.05 Å². The van der Waals surface area contributed by atoms with Gasteiger partial charge in [-0.3, -0.25) is 33.2 Å². The zero-order valence-corrected chi connectivity index (χ0v) is 29.9. The van der Waals surface area contributed by atoms with Crippen LogP contribution in [0.15, 0.2) is 119 Å². The Kier molecular flexibility index (Phi) is 12.2. The number of carboxylic acid groups (broad SMARTS) is 2. The third-order valence-corrected chi connectivity index (χ3v) is 9.12. The summed E-state index contributed by atoms with van der Waals surface area (Å²) in [6.45, 7) is 5.11. The molecule has 3 heterocycles. The van der Waals surface area contributed by atoms with E-state index in [2.05, 4.69) is 34.2 Å². The van der Waals surface area contributed by atoms with Gasteiger partial charge in [0.2, 0.25) is 0 Å². The van der Waals surface area contributed by atoms with Crippen molar-refractivity contribution in [1.82, 2.24) is 19.1 Å². The molecule has 7 aromatic rings. The molecule has 4 aromatic carbocycles. The van der Waals surface area contributed by atoms with E-state index in [1.54, 1.807) is 34.5 Å². The van der Waals surface area contributed by atoms with Gasteiger partial charge in [0, 0.05) is 29.6 Å². The van der Waals surface area contributed by atoms with E-state index >= 15 is 0 Å². The Morgan fingerprint density at radius 1 is 0.811 bits per heavy atom. The van der Waals surface area contributed by atoms with Crippen LogP contribution in [-0.2, 0) is 32.2 Å². The second-order valence-corrected chi connectivity index (χ2v) is 13.5. The van der Waals surface area contributed by atoms with Crippen LogP contribution in [0.3, 0.4) is 0 Å². The number of nitriles is 1. The first-order chi connectivity index (χ1) is 25.2. The molecule has 0 saturated carbocycles. The van der Waals surface area contributed by atoms with Gasteiger partial charge in [-0.05, 0) is 80.4 Å². The molecular formula is C39H35N5O8S. The number of benzene rings is 4.